The molecular weight excluding hydrogens is 126 g/mol. The third-order valence-electron chi connectivity index (χ3n) is 0.732. The van der Waals surface area contributed by atoms with E-state index in [-0.39, 0.29) is 0 Å². The van der Waals surface area contributed by atoms with Crippen molar-refractivity contribution >= 4 is 16.3 Å². The Labute approximate surface area is 50.3 Å². The van der Waals surface area contributed by atoms with E-state index in [9.17, 15) is 5.21 Å². The number of nitrogens with one attached hydrogen (secondary N) is 1. The van der Waals surface area contributed by atoms with Gasteiger partial charge in [-0.05, 0) is 11.4 Å². The van der Waals surface area contributed by atoms with Gasteiger partial charge in [-0.3, -0.25) is 0 Å². The highest BCUT2D eigenvalue weighted by Crippen LogP contribution is 2.07. The van der Waals surface area contributed by atoms with Crippen molar-refractivity contribution in [3.8, 4) is 0 Å². The molecule has 8 heavy (non-hydrogen) atoms. The molecule has 3 nitrogen and oxygen atoms in total. The Balaban J connectivity index is 2.77. The summed E-state index contributed by atoms with van der Waals surface area (Å²) in [7, 11) is 0. The first kappa shape index (κ1) is 5.71. The molecule has 0 fully saturated rings. The number of hydrogen-bond donors (Lipinski definition) is 2. The van der Waals surface area contributed by atoms with Crippen LogP contribution >= 0.6 is 11.3 Å². The lowest BCUT2D eigenvalue weighted by Crippen LogP contribution is -2.98. The minimum Gasteiger partial charge on any atom is -0.594 e. The molecule has 0 saturated carbocycles. The van der Waals surface area contributed by atoms with Crippen molar-refractivity contribution in [2.45, 2.75) is 0 Å². The Kier molecular flexibility index (Phi) is 1.59. The number of quaternary nitrogens is 1. The molecule has 2 N–H and O–H groups in total. The molecule has 1 atom stereocenters. The molecule has 0 radical (unpaired) electrons. The largest absolute Gasteiger partial charge is 0.594 e. The third-order valence-corrected chi connectivity index (χ3v) is 1.59. The Morgan fingerprint density at radius 2 is 2.50 bits per heavy atom. The predicted octanol–water partition coefficient (Wildman–Crippen LogP) is 0.151. The van der Waals surface area contributed by atoms with Gasteiger partial charge >= 0.3 is 0 Å². The van der Waals surface area contributed by atoms with Crippen LogP contribution in [0.2, 0.25) is 0 Å². The van der Waals surface area contributed by atoms with Gasteiger partial charge in [0, 0.05) is 6.07 Å². The summed E-state index contributed by atoms with van der Waals surface area (Å²) in [5.74, 6) is 0. The molecule has 0 amide bonds. The fourth-order valence-electron chi connectivity index (χ4n) is 0.400. The summed E-state index contributed by atoms with van der Waals surface area (Å²) in [5.41, 5.74) is 0. The van der Waals surface area contributed by atoms with Gasteiger partial charge in [0.15, 0.2) is 0 Å². The minimum absolute atomic E-state index is 0.394. The van der Waals surface area contributed by atoms with Crippen LogP contribution in [0.4, 0.5) is 5.00 Å². The average molecular weight is 131 g/mol. The van der Waals surface area contributed by atoms with Crippen LogP contribution in [0.3, 0.4) is 0 Å². The molecule has 1 rings (SSSR count). The van der Waals surface area contributed by atoms with Crippen LogP contribution in [0.25, 0.3) is 0 Å². The van der Waals surface area contributed by atoms with Gasteiger partial charge in [-0.25, -0.2) is 5.21 Å². The molecule has 0 aromatic carbocycles. The maximum atomic E-state index is 10.1. The topological polar surface area (TPSA) is 47.7 Å². The molecule has 1 heterocycles. The van der Waals surface area contributed by atoms with Gasteiger partial charge in [-0.2, -0.15) is 5.23 Å². The normalized spacial score (nSPS) is 13.8. The van der Waals surface area contributed by atoms with E-state index in [0.29, 0.717) is 5.00 Å². The second-order valence-corrected chi connectivity index (χ2v) is 2.23. The Bertz CT molecular complexity index is 149. The van der Waals surface area contributed by atoms with Gasteiger partial charge in [0.1, 0.15) is 0 Å². The summed E-state index contributed by atoms with van der Waals surface area (Å²) >= 11 is 1.23. The first-order chi connectivity index (χ1) is 3.80. The van der Waals surface area contributed by atoms with E-state index < -0.39 is 5.23 Å². The molecule has 44 valence electrons. The molecule has 0 aliphatic carbocycles. The fourth-order valence-corrected chi connectivity index (χ4v) is 0.962. The van der Waals surface area contributed by atoms with Crippen molar-refractivity contribution in [1.29, 1.82) is 0 Å². The highest BCUT2D eigenvalue weighted by Gasteiger charge is 1.95. The molecule has 0 bridgehead atoms. The van der Waals surface area contributed by atoms with Gasteiger partial charge in [0.2, 0.25) is 5.00 Å². The molecule has 1 unspecified atom stereocenters. The zero-order valence-corrected chi connectivity index (χ0v) is 4.81. The van der Waals surface area contributed by atoms with Crippen molar-refractivity contribution < 1.29 is 10.4 Å². The zero-order valence-electron chi connectivity index (χ0n) is 4.00. The molecule has 0 spiro atoms. The Hall–Kier alpha value is -0.420. The van der Waals surface area contributed by atoms with E-state index in [1.54, 1.807) is 17.5 Å². The lowest BCUT2D eigenvalue weighted by Gasteiger charge is -2.06. The first-order valence-electron chi connectivity index (χ1n) is 2.07. The highest BCUT2D eigenvalue weighted by molar-refractivity contribution is 7.13. The Morgan fingerprint density at radius 3 is 2.75 bits per heavy atom. The van der Waals surface area contributed by atoms with Crippen molar-refractivity contribution in [2.24, 2.45) is 0 Å². The van der Waals surface area contributed by atoms with Gasteiger partial charge < -0.3 is 5.21 Å². The molecule has 1 aromatic heterocycles. The third kappa shape index (κ3) is 1.05. The van der Waals surface area contributed by atoms with Crippen LogP contribution in [0.5, 0.6) is 0 Å². The number of thiophene rings is 1. The van der Waals surface area contributed by atoms with E-state index >= 15 is 0 Å². The van der Waals surface area contributed by atoms with Gasteiger partial charge in [-0.15, -0.1) is 0 Å². The molecule has 0 aliphatic heterocycles. The number of hydrogen-bond acceptors (Lipinski definition) is 3. The van der Waals surface area contributed by atoms with Gasteiger partial charge in [-0.1, -0.05) is 11.3 Å². The lowest BCUT2D eigenvalue weighted by molar-refractivity contribution is -0.989. The average Bonchev–Trinajstić information content (AvgIpc) is 2.12. The van der Waals surface area contributed by atoms with E-state index in [2.05, 4.69) is 0 Å². The highest BCUT2D eigenvalue weighted by atomic mass is 32.1. The molecular formula is C4H5NO2S. The van der Waals surface area contributed by atoms with E-state index in [1.165, 1.54) is 11.3 Å². The monoisotopic (exact) mass is 131 g/mol. The quantitative estimate of drug-likeness (QED) is 0.533. The zero-order chi connectivity index (χ0) is 5.98. The second kappa shape index (κ2) is 2.23. The summed E-state index contributed by atoms with van der Waals surface area (Å²) in [6, 6.07) is 3.29. The van der Waals surface area contributed by atoms with Crippen molar-refractivity contribution in [3.63, 3.8) is 0 Å². The van der Waals surface area contributed by atoms with Crippen molar-refractivity contribution in [1.82, 2.24) is 0 Å². The van der Waals surface area contributed by atoms with Gasteiger partial charge in [0.25, 0.3) is 0 Å². The van der Waals surface area contributed by atoms with E-state index in [1.807, 2.05) is 0 Å². The maximum absolute atomic E-state index is 10.1. The molecule has 1 aromatic rings. The Morgan fingerprint density at radius 1 is 1.75 bits per heavy atom. The summed E-state index contributed by atoms with van der Waals surface area (Å²) in [6.07, 6.45) is 0. The number of rotatable bonds is 1. The van der Waals surface area contributed by atoms with E-state index in [4.69, 9.17) is 5.21 Å². The summed E-state index contributed by atoms with van der Waals surface area (Å²) in [4.78, 5) is 0. The first-order valence-corrected chi connectivity index (χ1v) is 2.95. The molecule has 4 heteroatoms. The molecule has 0 saturated heterocycles. The van der Waals surface area contributed by atoms with Crippen LogP contribution in [-0.2, 0) is 0 Å². The van der Waals surface area contributed by atoms with Gasteiger partial charge in [0.05, 0.1) is 0 Å². The maximum Gasteiger partial charge on any atom is 0.219 e. The summed E-state index contributed by atoms with van der Waals surface area (Å²) in [5, 5.41) is 19.6. The predicted molar refractivity (Wildman–Crippen MR) is 30.1 cm³/mol. The van der Waals surface area contributed by atoms with Crippen LogP contribution in [-0.4, -0.2) is 5.21 Å². The summed E-state index contributed by atoms with van der Waals surface area (Å²) < 4.78 is 0. The standard InChI is InChI=1S/C4H5NO2S/c6-5(7)4-2-1-3-8-4/h1-3,5-6H. The smallest absolute Gasteiger partial charge is 0.219 e. The van der Waals surface area contributed by atoms with Crippen LogP contribution in [0, 0.1) is 5.21 Å². The van der Waals surface area contributed by atoms with Crippen LogP contribution in [0.15, 0.2) is 17.5 Å². The van der Waals surface area contributed by atoms with Crippen LogP contribution in [0.1, 0.15) is 0 Å². The van der Waals surface area contributed by atoms with Crippen molar-refractivity contribution in [2.75, 3.05) is 0 Å². The van der Waals surface area contributed by atoms with Crippen molar-refractivity contribution in [3.05, 3.63) is 22.7 Å². The molecule has 0 aliphatic rings. The van der Waals surface area contributed by atoms with Crippen LogP contribution < -0.4 is 5.23 Å². The second-order valence-electron chi connectivity index (χ2n) is 1.28. The SMILES string of the molecule is [O-][NH+](O)c1cccs1. The fraction of sp³-hybridized carbons (Fsp3) is 0. The lowest BCUT2D eigenvalue weighted by atomic mass is 10.6. The van der Waals surface area contributed by atoms with E-state index in [0.717, 1.165) is 0 Å². The summed E-state index contributed by atoms with van der Waals surface area (Å²) in [6.45, 7) is 0. The minimum atomic E-state index is -0.847.